The Bertz CT molecular complexity index is 1500. The number of benzene rings is 2. The molecule has 1 fully saturated rings. The number of hydrogen-bond acceptors (Lipinski definition) is 8. The van der Waals surface area contributed by atoms with Crippen LogP contribution in [0.1, 0.15) is 49.7 Å². The molecule has 43 heavy (non-hydrogen) atoms. The van der Waals surface area contributed by atoms with Crippen LogP contribution in [0.25, 0.3) is 5.57 Å². The number of allylic oxidation sites excluding steroid dienone is 4. The minimum Gasteiger partial charge on any atom is -0.508 e. The van der Waals surface area contributed by atoms with Gasteiger partial charge < -0.3 is 25.5 Å². The Morgan fingerprint density at radius 2 is 2.09 bits per heavy atom. The summed E-state index contributed by atoms with van der Waals surface area (Å²) in [5.74, 6) is 0.876. The summed E-state index contributed by atoms with van der Waals surface area (Å²) < 4.78 is 20.3. The van der Waals surface area contributed by atoms with Crippen molar-refractivity contribution in [2.24, 2.45) is 11.0 Å². The maximum absolute atomic E-state index is 14.7. The minimum absolute atomic E-state index is 0.0608. The summed E-state index contributed by atoms with van der Waals surface area (Å²) in [5, 5.41) is 17.5. The van der Waals surface area contributed by atoms with Crippen molar-refractivity contribution < 1.29 is 14.2 Å². The van der Waals surface area contributed by atoms with Gasteiger partial charge in [0.05, 0.1) is 38.2 Å². The number of aromatic nitrogens is 2. The van der Waals surface area contributed by atoms with Crippen LogP contribution in [-0.4, -0.2) is 47.1 Å². The molecule has 0 saturated carbocycles. The normalized spacial score (nSPS) is 15.9. The smallest absolute Gasteiger partial charge is 0.183 e. The number of phenolic OH excluding ortho intramolecular Hbond substituents is 1. The first-order valence-electron chi connectivity index (χ1n) is 14.6. The summed E-state index contributed by atoms with van der Waals surface area (Å²) in [6.07, 6.45) is 9.86. The molecule has 1 atom stereocenters. The number of aromatic hydroxyl groups is 1. The molecule has 0 radical (unpaired) electrons. The Morgan fingerprint density at radius 1 is 1.26 bits per heavy atom. The molecule has 1 saturated heterocycles. The van der Waals surface area contributed by atoms with E-state index in [4.69, 9.17) is 4.74 Å². The van der Waals surface area contributed by atoms with Gasteiger partial charge in [-0.3, -0.25) is 0 Å². The van der Waals surface area contributed by atoms with Crippen molar-refractivity contribution in [3.8, 4) is 5.75 Å². The molecule has 0 aliphatic carbocycles. The first kappa shape index (κ1) is 31.4. The average Bonchev–Trinajstić information content (AvgIpc) is 2.99. The van der Waals surface area contributed by atoms with Gasteiger partial charge in [-0.25, -0.2) is 14.4 Å². The van der Waals surface area contributed by atoms with Gasteiger partial charge in [0.15, 0.2) is 17.5 Å². The zero-order valence-electron chi connectivity index (χ0n) is 25.3. The maximum atomic E-state index is 14.7. The summed E-state index contributed by atoms with van der Waals surface area (Å²) in [5.41, 5.74) is 8.57. The lowest BCUT2D eigenvalue weighted by molar-refractivity contribution is 0.0797. The van der Waals surface area contributed by atoms with Crippen molar-refractivity contribution in [2.75, 3.05) is 30.0 Å². The van der Waals surface area contributed by atoms with Gasteiger partial charge in [0, 0.05) is 17.9 Å². The van der Waals surface area contributed by atoms with E-state index in [0.29, 0.717) is 37.3 Å². The van der Waals surface area contributed by atoms with Crippen molar-refractivity contribution in [3.05, 3.63) is 107 Å². The molecule has 3 N–H and O–H groups in total. The quantitative estimate of drug-likeness (QED) is 0.126. The van der Waals surface area contributed by atoms with Gasteiger partial charge in [0.1, 0.15) is 5.75 Å². The second-order valence-corrected chi connectivity index (χ2v) is 10.8. The first-order chi connectivity index (χ1) is 20.7. The number of anilines is 2. The van der Waals surface area contributed by atoms with E-state index in [-0.39, 0.29) is 18.3 Å². The van der Waals surface area contributed by atoms with Crippen LogP contribution < -0.4 is 15.6 Å². The van der Waals surface area contributed by atoms with Crippen LogP contribution in [0.3, 0.4) is 0 Å². The summed E-state index contributed by atoms with van der Waals surface area (Å²) in [4.78, 5) is 10.6. The van der Waals surface area contributed by atoms with Crippen molar-refractivity contribution >= 4 is 23.3 Å². The Kier molecular flexibility index (Phi) is 11.0. The molecule has 3 aromatic rings. The van der Waals surface area contributed by atoms with Crippen LogP contribution in [-0.2, 0) is 11.3 Å². The van der Waals surface area contributed by atoms with Crippen LogP contribution in [0, 0.1) is 18.7 Å². The molecule has 0 bridgehead atoms. The number of hydrogen-bond donors (Lipinski definition) is 3. The van der Waals surface area contributed by atoms with E-state index in [0.717, 1.165) is 40.1 Å². The topological polar surface area (TPSA) is 94.9 Å². The third-order valence-corrected chi connectivity index (χ3v) is 7.16. The van der Waals surface area contributed by atoms with Gasteiger partial charge in [-0.1, -0.05) is 57.7 Å². The van der Waals surface area contributed by atoms with Gasteiger partial charge in [-0.05, 0) is 71.9 Å². The third kappa shape index (κ3) is 8.75. The molecule has 0 spiro atoms. The summed E-state index contributed by atoms with van der Waals surface area (Å²) in [6.45, 7) is 14.4. The Balaban J connectivity index is 1.34. The number of nitrogens with one attached hydrogen (secondary N) is 2. The minimum atomic E-state index is -0.434. The van der Waals surface area contributed by atoms with E-state index < -0.39 is 5.82 Å². The van der Waals surface area contributed by atoms with Gasteiger partial charge in [0.25, 0.3) is 0 Å². The number of morpholine rings is 1. The monoisotopic (exact) mass is 584 g/mol. The van der Waals surface area contributed by atoms with E-state index in [1.165, 1.54) is 6.20 Å². The van der Waals surface area contributed by atoms with E-state index in [2.05, 4.69) is 59.2 Å². The van der Waals surface area contributed by atoms with Crippen molar-refractivity contribution in [1.29, 1.82) is 0 Å². The zero-order chi connectivity index (χ0) is 30.8. The Hall–Kier alpha value is -4.50. The number of ether oxygens (including phenoxy) is 1. The lowest BCUT2D eigenvalue weighted by Gasteiger charge is -2.38. The van der Waals surface area contributed by atoms with Crippen LogP contribution in [0.15, 0.2) is 84.3 Å². The highest BCUT2D eigenvalue weighted by atomic mass is 19.1. The fraction of sp³-hybridized carbons (Fsp3) is 0.324. The second kappa shape index (κ2) is 15.1. The number of aryl methyl sites for hydroxylation is 1. The standard InChI is InChI=1S/C34H41FN6O2/c1-6-8-26(27-9-7-10-30(42)18-27)12-11-25(5)39-29-14-13-28(24(4)17-29)19-37-38-21-33-36-20-31(35)34(40-33)41-15-16-43-22-32(41)23(2)3/h7-14,17-20,23,32,38-39,42H,5-6,15-16,21-22H2,1-4H3/b12-11-,26-8+,37-19+. The SMILES string of the molecule is C=C(/C=C\C(=C/CC)c1cccc(O)c1)Nc1ccc(/C=N/NCc2ncc(F)c(N3CCOCC3C(C)C)n2)c(C)c1. The Labute approximate surface area is 253 Å². The number of phenols is 1. The fourth-order valence-corrected chi connectivity index (χ4v) is 4.85. The molecule has 2 aromatic carbocycles. The van der Waals surface area contributed by atoms with E-state index in [9.17, 15) is 9.50 Å². The number of halogens is 1. The molecular weight excluding hydrogens is 543 g/mol. The van der Waals surface area contributed by atoms with Crippen LogP contribution in [0.5, 0.6) is 5.75 Å². The predicted molar refractivity (Wildman–Crippen MR) is 173 cm³/mol. The molecule has 1 aromatic heterocycles. The highest BCUT2D eigenvalue weighted by Crippen LogP contribution is 2.25. The van der Waals surface area contributed by atoms with Gasteiger partial charge in [0.2, 0.25) is 0 Å². The largest absolute Gasteiger partial charge is 0.508 e. The van der Waals surface area contributed by atoms with E-state index in [1.807, 2.05) is 54.3 Å². The molecule has 8 nitrogen and oxygen atoms in total. The number of nitrogens with zero attached hydrogens (tertiary/aromatic N) is 4. The first-order valence-corrected chi connectivity index (χ1v) is 14.6. The third-order valence-electron chi connectivity index (χ3n) is 7.16. The molecule has 0 amide bonds. The van der Waals surface area contributed by atoms with Crippen LogP contribution >= 0.6 is 0 Å². The van der Waals surface area contributed by atoms with Gasteiger partial charge in [-0.2, -0.15) is 5.10 Å². The van der Waals surface area contributed by atoms with Crippen LogP contribution in [0.4, 0.5) is 15.9 Å². The van der Waals surface area contributed by atoms with E-state index in [1.54, 1.807) is 18.3 Å². The summed E-state index contributed by atoms with van der Waals surface area (Å²) in [6, 6.07) is 13.2. The summed E-state index contributed by atoms with van der Waals surface area (Å²) >= 11 is 0. The highest BCUT2D eigenvalue weighted by Gasteiger charge is 2.29. The molecule has 1 aliphatic rings. The molecule has 1 unspecified atom stereocenters. The molecular formula is C34H41FN6O2. The second-order valence-electron chi connectivity index (χ2n) is 10.8. The van der Waals surface area contributed by atoms with Gasteiger partial charge in [-0.15, -0.1) is 0 Å². The number of rotatable bonds is 12. The molecule has 4 rings (SSSR count). The highest BCUT2D eigenvalue weighted by molar-refractivity contribution is 5.82. The maximum Gasteiger partial charge on any atom is 0.183 e. The fourth-order valence-electron chi connectivity index (χ4n) is 4.85. The van der Waals surface area contributed by atoms with Crippen molar-refractivity contribution in [1.82, 2.24) is 15.4 Å². The summed E-state index contributed by atoms with van der Waals surface area (Å²) in [7, 11) is 0. The van der Waals surface area contributed by atoms with Gasteiger partial charge >= 0.3 is 0 Å². The van der Waals surface area contributed by atoms with E-state index >= 15 is 0 Å². The van der Waals surface area contributed by atoms with Crippen molar-refractivity contribution in [2.45, 2.75) is 46.7 Å². The Morgan fingerprint density at radius 3 is 2.84 bits per heavy atom. The molecule has 2 heterocycles. The van der Waals surface area contributed by atoms with Crippen LogP contribution in [0.2, 0.25) is 0 Å². The zero-order valence-corrected chi connectivity index (χ0v) is 25.3. The molecule has 226 valence electrons. The lowest BCUT2D eigenvalue weighted by atomic mass is 10.0. The van der Waals surface area contributed by atoms with Crippen molar-refractivity contribution in [3.63, 3.8) is 0 Å². The number of hydrazone groups is 1. The lowest BCUT2D eigenvalue weighted by Crippen LogP contribution is -2.49. The molecule has 1 aliphatic heterocycles. The average molecular weight is 585 g/mol. The molecule has 9 heteroatoms. The predicted octanol–water partition coefficient (Wildman–Crippen LogP) is 6.59.